The number of oxime groups is 1. The average Bonchev–Trinajstić information content (AvgIpc) is 2.69. The van der Waals surface area contributed by atoms with Crippen LogP contribution in [0.15, 0.2) is 10.7 Å². The largest absolute Gasteiger partial charge is 0.409 e. The fourth-order valence-corrected chi connectivity index (χ4v) is 2.00. The molecule has 0 saturated heterocycles. The molecule has 0 unspecified atom stereocenters. The van der Waals surface area contributed by atoms with Crippen molar-refractivity contribution in [1.82, 2.24) is 4.98 Å². The van der Waals surface area contributed by atoms with Gasteiger partial charge in [-0.15, -0.1) is 11.3 Å². The van der Waals surface area contributed by atoms with Gasteiger partial charge >= 0.3 is 0 Å². The van der Waals surface area contributed by atoms with Crippen molar-refractivity contribution in [2.45, 2.75) is 26.2 Å². The predicted octanol–water partition coefficient (Wildman–Crippen LogP) is 1.54. The van der Waals surface area contributed by atoms with Gasteiger partial charge in [-0.05, 0) is 13.3 Å². The minimum Gasteiger partial charge on any atom is -0.409 e. The molecule has 0 aliphatic rings. The second kappa shape index (κ2) is 7.19. The van der Waals surface area contributed by atoms with Crippen molar-refractivity contribution >= 4 is 17.2 Å². The average molecular weight is 243 g/mol. The van der Waals surface area contributed by atoms with E-state index >= 15 is 0 Å². The molecule has 0 radical (unpaired) electrons. The van der Waals surface area contributed by atoms with Gasteiger partial charge in [-0.25, -0.2) is 4.98 Å². The topological polar surface area (TPSA) is 80.7 Å². The summed E-state index contributed by atoms with van der Waals surface area (Å²) in [5.41, 5.74) is 8.26. The highest BCUT2D eigenvalue weighted by atomic mass is 32.1. The Balaban J connectivity index is 2.03. The molecule has 1 aromatic heterocycles. The van der Waals surface area contributed by atoms with E-state index in [0.717, 1.165) is 18.5 Å². The predicted molar refractivity (Wildman–Crippen MR) is 64.0 cm³/mol. The molecule has 0 aliphatic carbocycles. The number of ether oxygens (including phenoxy) is 1. The summed E-state index contributed by atoms with van der Waals surface area (Å²) < 4.78 is 5.44. The third-order valence-corrected chi connectivity index (χ3v) is 3.16. The molecule has 0 saturated carbocycles. The van der Waals surface area contributed by atoms with Crippen LogP contribution in [0.1, 0.15) is 23.4 Å². The molecule has 1 aromatic rings. The Bertz CT molecular complexity index is 339. The Morgan fingerprint density at radius 1 is 1.62 bits per heavy atom. The standard InChI is InChI=1S/C10H17N3O2S/c1-8-9(16-7-12-8)4-6-15-5-2-3-10(11)13-14/h7,14H,2-6H2,1H3,(H2,11,13). The normalized spacial score (nSPS) is 11.9. The summed E-state index contributed by atoms with van der Waals surface area (Å²) in [6.45, 7) is 3.33. The van der Waals surface area contributed by atoms with Gasteiger partial charge in [0.25, 0.3) is 0 Å². The van der Waals surface area contributed by atoms with Crippen molar-refractivity contribution in [2.24, 2.45) is 10.9 Å². The summed E-state index contributed by atoms with van der Waals surface area (Å²) in [7, 11) is 0. The third-order valence-electron chi connectivity index (χ3n) is 2.17. The first-order chi connectivity index (χ1) is 7.74. The van der Waals surface area contributed by atoms with Gasteiger partial charge in [0.15, 0.2) is 0 Å². The molecular weight excluding hydrogens is 226 g/mol. The summed E-state index contributed by atoms with van der Waals surface area (Å²) >= 11 is 1.66. The fraction of sp³-hybridized carbons (Fsp3) is 0.600. The molecule has 0 amide bonds. The fourth-order valence-electron chi connectivity index (χ4n) is 1.24. The van der Waals surface area contributed by atoms with E-state index in [1.165, 1.54) is 4.88 Å². The SMILES string of the molecule is Cc1ncsc1CCOCCC/C(N)=N/O. The van der Waals surface area contributed by atoms with Crippen LogP contribution in [0.4, 0.5) is 0 Å². The van der Waals surface area contributed by atoms with Gasteiger partial charge in [-0.1, -0.05) is 5.16 Å². The molecule has 3 N–H and O–H groups in total. The molecule has 1 rings (SSSR count). The molecular formula is C10H17N3O2S. The lowest BCUT2D eigenvalue weighted by molar-refractivity contribution is 0.136. The monoisotopic (exact) mass is 243 g/mol. The van der Waals surface area contributed by atoms with Gasteiger partial charge in [-0.2, -0.15) is 0 Å². The van der Waals surface area contributed by atoms with Crippen molar-refractivity contribution in [3.8, 4) is 0 Å². The lowest BCUT2D eigenvalue weighted by Gasteiger charge is -2.03. The van der Waals surface area contributed by atoms with Crippen LogP contribution in [-0.4, -0.2) is 29.2 Å². The highest BCUT2D eigenvalue weighted by Gasteiger charge is 2.00. The van der Waals surface area contributed by atoms with Crippen LogP contribution in [-0.2, 0) is 11.2 Å². The number of hydrogen-bond donors (Lipinski definition) is 2. The summed E-state index contributed by atoms with van der Waals surface area (Å²) in [6, 6.07) is 0. The van der Waals surface area contributed by atoms with Gasteiger partial charge in [0, 0.05) is 24.3 Å². The van der Waals surface area contributed by atoms with E-state index in [1.807, 2.05) is 12.4 Å². The van der Waals surface area contributed by atoms with Crippen molar-refractivity contribution in [3.63, 3.8) is 0 Å². The molecule has 6 heteroatoms. The summed E-state index contributed by atoms with van der Waals surface area (Å²) in [5.74, 6) is 0.252. The Kier molecular flexibility index (Phi) is 5.81. The number of aryl methyl sites for hydroxylation is 1. The van der Waals surface area contributed by atoms with Gasteiger partial charge < -0.3 is 15.7 Å². The smallest absolute Gasteiger partial charge is 0.139 e. The van der Waals surface area contributed by atoms with Crippen LogP contribution in [0.3, 0.4) is 0 Å². The van der Waals surface area contributed by atoms with E-state index in [-0.39, 0.29) is 5.84 Å². The second-order valence-corrected chi connectivity index (χ2v) is 4.36. The molecule has 5 nitrogen and oxygen atoms in total. The zero-order valence-electron chi connectivity index (χ0n) is 9.35. The maximum absolute atomic E-state index is 8.31. The number of amidine groups is 1. The molecule has 0 spiro atoms. The molecule has 16 heavy (non-hydrogen) atoms. The number of thiazole rings is 1. The van der Waals surface area contributed by atoms with Crippen LogP contribution in [0.25, 0.3) is 0 Å². The summed E-state index contributed by atoms with van der Waals surface area (Å²) in [6.07, 6.45) is 2.24. The van der Waals surface area contributed by atoms with E-state index in [2.05, 4.69) is 10.1 Å². The molecule has 0 fully saturated rings. The first-order valence-electron chi connectivity index (χ1n) is 5.17. The first kappa shape index (κ1) is 12.9. The lowest BCUT2D eigenvalue weighted by atomic mass is 10.3. The summed E-state index contributed by atoms with van der Waals surface area (Å²) in [4.78, 5) is 5.44. The Hall–Kier alpha value is -1.14. The molecule has 0 aromatic carbocycles. The van der Waals surface area contributed by atoms with Crippen molar-refractivity contribution in [3.05, 3.63) is 16.1 Å². The number of hydrogen-bond acceptors (Lipinski definition) is 5. The number of rotatable bonds is 7. The maximum Gasteiger partial charge on any atom is 0.139 e. The van der Waals surface area contributed by atoms with Crippen LogP contribution in [0.5, 0.6) is 0 Å². The van der Waals surface area contributed by atoms with E-state index in [4.69, 9.17) is 15.7 Å². The Labute approximate surface area is 98.9 Å². The molecule has 0 bridgehead atoms. The van der Waals surface area contributed by atoms with Crippen LogP contribution >= 0.6 is 11.3 Å². The third kappa shape index (κ3) is 4.59. The zero-order chi connectivity index (χ0) is 11.8. The van der Waals surface area contributed by atoms with Crippen molar-refractivity contribution < 1.29 is 9.94 Å². The van der Waals surface area contributed by atoms with E-state index in [0.29, 0.717) is 19.6 Å². The van der Waals surface area contributed by atoms with E-state index in [9.17, 15) is 0 Å². The molecule has 0 aliphatic heterocycles. The minimum absolute atomic E-state index is 0.252. The Morgan fingerprint density at radius 3 is 3.06 bits per heavy atom. The molecule has 0 atom stereocenters. The molecule has 1 heterocycles. The highest BCUT2D eigenvalue weighted by molar-refractivity contribution is 7.09. The number of aromatic nitrogens is 1. The first-order valence-corrected chi connectivity index (χ1v) is 6.05. The van der Waals surface area contributed by atoms with Crippen LogP contribution < -0.4 is 5.73 Å². The van der Waals surface area contributed by atoms with E-state index in [1.54, 1.807) is 11.3 Å². The lowest BCUT2D eigenvalue weighted by Crippen LogP contribution is -2.12. The number of nitrogens with two attached hydrogens (primary N) is 1. The second-order valence-electron chi connectivity index (χ2n) is 3.42. The minimum atomic E-state index is 0.252. The van der Waals surface area contributed by atoms with E-state index < -0.39 is 0 Å². The Morgan fingerprint density at radius 2 is 2.44 bits per heavy atom. The molecule has 90 valence electrons. The van der Waals surface area contributed by atoms with Gasteiger partial charge in [0.2, 0.25) is 0 Å². The zero-order valence-corrected chi connectivity index (χ0v) is 10.2. The highest BCUT2D eigenvalue weighted by Crippen LogP contribution is 2.12. The van der Waals surface area contributed by atoms with Crippen molar-refractivity contribution in [1.29, 1.82) is 0 Å². The van der Waals surface area contributed by atoms with Crippen LogP contribution in [0.2, 0.25) is 0 Å². The van der Waals surface area contributed by atoms with Crippen molar-refractivity contribution in [2.75, 3.05) is 13.2 Å². The van der Waals surface area contributed by atoms with Gasteiger partial charge in [0.1, 0.15) is 5.84 Å². The summed E-state index contributed by atoms with van der Waals surface area (Å²) in [5, 5.41) is 11.2. The van der Waals surface area contributed by atoms with Gasteiger partial charge in [0.05, 0.1) is 17.8 Å². The quantitative estimate of drug-likeness (QED) is 0.250. The van der Waals surface area contributed by atoms with Crippen LogP contribution in [0, 0.1) is 6.92 Å². The van der Waals surface area contributed by atoms with Gasteiger partial charge in [-0.3, -0.25) is 0 Å². The maximum atomic E-state index is 8.31. The number of nitrogens with zero attached hydrogens (tertiary/aromatic N) is 2.